The second-order valence-electron chi connectivity index (χ2n) is 5.21. The molecule has 4 nitrogen and oxygen atoms in total. The van der Waals surface area contributed by atoms with Crippen LogP contribution in [0.1, 0.15) is 22.8 Å². The Morgan fingerprint density at radius 3 is 2.50 bits per heavy atom. The summed E-state index contributed by atoms with van der Waals surface area (Å²) in [5, 5.41) is 0. The second kappa shape index (κ2) is 8.15. The maximum absolute atomic E-state index is 13.0. The van der Waals surface area contributed by atoms with Crippen molar-refractivity contribution in [2.45, 2.75) is 13.5 Å². The largest absolute Gasteiger partial charge is 0.493 e. The topological polar surface area (TPSA) is 38.8 Å². The Labute approximate surface area is 149 Å². The van der Waals surface area contributed by atoms with Gasteiger partial charge in [-0.2, -0.15) is 0 Å². The van der Waals surface area contributed by atoms with E-state index >= 15 is 0 Å². The highest BCUT2D eigenvalue weighted by Crippen LogP contribution is 2.37. The molecule has 0 saturated heterocycles. The molecule has 0 aliphatic carbocycles. The van der Waals surface area contributed by atoms with Crippen molar-refractivity contribution >= 4 is 21.8 Å². The standard InChI is InChI=1S/C18H19BrFNO3/c1-4-24-17-15(19)9-13(10-16(17)23-3)18(22)21(2)11-12-5-7-14(20)8-6-12/h5-10H,4,11H2,1-3H3. The summed E-state index contributed by atoms with van der Waals surface area (Å²) in [4.78, 5) is 14.2. The van der Waals surface area contributed by atoms with E-state index < -0.39 is 0 Å². The first-order valence-corrected chi connectivity index (χ1v) is 8.25. The van der Waals surface area contributed by atoms with Crippen LogP contribution in [-0.2, 0) is 6.54 Å². The molecule has 0 atom stereocenters. The number of rotatable bonds is 6. The monoisotopic (exact) mass is 395 g/mol. The molecule has 0 fully saturated rings. The SMILES string of the molecule is CCOc1c(Br)cc(C(=O)N(C)Cc2ccc(F)cc2)cc1OC. The smallest absolute Gasteiger partial charge is 0.254 e. The maximum atomic E-state index is 13.0. The van der Waals surface area contributed by atoms with E-state index in [-0.39, 0.29) is 11.7 Å². The molecule has 0 spiro atoms. The van der Waals surface area contributed by atoms with Crippen LogP contribution in [0, 0.1) is 5.82 Å². The van der Waals surface area contributed by atoms with Gasteiger partial charge in [0.1, 0.15) is 5.82 Å². The van der Waals surface area contributed by atoms with Crippen LogP contribution in [-0.4, -0.2) is 31.6 Å². The van der Waals surface area contributed by atoms with E-state index in [4.69, 9.17) is 9.47 Å². The van der Waals surface area contributed by atoms with Crippen LogP contribution in [0.15, 0.2) is 40.9 Å². The van der Waals surface area contributed by atoms with Crippen molar-refractivity contribution in [1.29, 1.82) is 0 Å². The highest BCUT2D eigenvalue weighted by Gasteiger charge is 2.18. The van der Waals surface area contributed by atoms with Gasteiger partial charge >= 0.3 is 0 Å². The lowest BCUT2D eigenvalue weighted by Gasteiger charge is -2.19. The first kappa shape index (κ1) is 18.3. The van der Waals surface area contributed by atoms with E-state index in [1.54, 1.807) is 36.2 Å². The Kier molecular flexibility index (Phi) is 6.20. The molecule has 0 aliphatic rings. The Balaban J connectivity index is 2.22. The number of hydrogen-bond acceptors (Lipinski definition) is 3. The summed E-state index contributed by atoms with van der Waals surface area (Å²) in [6, 6.07) is 9.44. The fraction of sp³-hybridized carbons (Fsp3) is 0.278. The van der Waals surface area contributed by atoms with Gasteiger partial charge in [-0.15, -0.1) is 0 Å². The highest BCUT2D eigenvalue weighted by molar-refractivity contribution is 9.10. The fourth-order valence-electron chi connectivity index (χ4n) is 2.28. The summed E-state index contributed by atoms with van der Waals surface area (Å²) in [6.07, 6.45) is 0. The van der Waals surface area contributed by atoms with Gasteiger partial charge in [0.25, 0.3) is 5.91 Å². The number of halogens is 2. The Hall–Kier alpha value is -2.08. The quantitative estimate of drug-likeness (QED) is 0.732. The highest BCUT2D eigenvalue weighted by atomic mass is 79.9. The summed E-state index contributed by atoms with van der Waals surface area (Å²) in [7, 11) is 3.23. The molecule has 2 rings (SSSR count). The molecule has 0 aromatic heterocycles. The molecule has 24 heavy (non-hydrogen) atoms. The van der Waals surface area contributed by atoms with E-state index in [2.05, 4.69) is 15.9 Å². The predicted molar refractivity (Wildman–Crippen MR) is 94.1 cm³/mol. The molecule has 0 unspecified atom stereocenters. The Morgan fingerprint density at radius 1 is 1.25 bits per heavy atom. The number of nitrogens with zero attached hydrogens (tertiary/aromatic N) is 1. The molecule has 2 aromatic rings. The van der Waals surface area contributed by atoms with Crippen molar-refractivity contribution in [1.82, 2.24) is 4.90 Å². The third-order valence-electron chi connectivity index (χ3n) is 3.44. The fourth-order valence-corrected chi connectivity index (χ4v) is 2.84. The molecule has 2 aromatic carbocycles. The number of benzene rings is 2. The third-order valence-corrected chi connectivity index (χ3v) is 4.03. The normalized spacial score (nSPS) is 10.4. The van der Waals surface area contributed by atoms with Crippen LogP contribution in [0.5, 0.6) is 11.5 Å². The molecule has 6 heteroatoms. The van der Waals surface area contributed by atoms with Crippen molar-refractivity contribution in [2.75, 3.05) is 20.8 Å². The number of ether oxygens (including phenoxy) is 2. The summed E-state index contributed by atoms with van der Waals surface area (Å²) >= 11 is 3.41. The zero-order valence-electron chi connectivity index (χ0n) is 13.8. The van der Waals surface area contributed by atoms with Gasteiger partial charge in [0.05, 0.1) is 18.2 Å². The summed E-state index contributed by atoms with van der Waals surface area (Å²) in [5.74, 6) is 0.594. The third kappa shape index (κ3) is 4.26. The molecule has 0 radical (unpaired) electrons. The van der Waals surface area contributed by atoms with Gasteiger partial charge in [0.2, 0.25) is 0 Å². The average Bonchev–Trinajstić information content (AvgIpc) is 2.57. The molecule has 0 bridgehead atoms. The molecule has 0 saturated carbocycles. The molecular weight excluding hydrogens is 377 g/mol. The van der Waals surface area contributed by atoms with Crippen LogP contribution < -0.4 is 9.47 Å². The van der Waals surface area contributed by atoms with Gasteiger partial charge in [-0.3, -0.25) is 4.79 Å². The number of carbonyl (C=O) groups excluding carboxylic acids is 1. The van der Waals surface area contributed by atoms with Crippen LogP contribution in [0.4, 0.5) is 4.39 Å². The number of carbonyl (C=O) groups is 1. The van der Waals surface area contributed by atoms with E-state index in [0.717, 1.165) is 5.56 Å². The van der Waals surface area contributed by atoms with Crippen molar-refractivity contribution in [3.05, 3.63) is 57.8 Å². The van der Waals surface area contributed by atoms with E-state index in [9.17, 15) is 9.18 Å². The van der Waals surface area contributed by atoms with E-state index in [1.807, 2.05) is 6.92 Å². The van der Waals surface area contributed by atoms with Gasteiger partial charge in [-0.05, 0) is 52.7 Å². The van der Waals surface area contributed by atoms with Gasteiger partial charge in [-0.1, -0.05) is 12.1 Å². The van der Waals surface area contributed by atoms with Gasteiger partial charge in [-0.25, -0.2) is 4.39 Å². The van der Waals surface area contributed by atoms with Crippen LogP contribution in [0.25, 0.3) is 0 Å². The van der Waals surface area contributed by atoms with E-state index in [1.165, 1.54) is 19.2 Å². The Bertz CT molecular complexity index is 719. The van der Waals surface area contributed by atoms with Crippen LogP contribution in [0.3, 0.4) is 0 Å². The first-order chi connectivity index (χ1) is 11.5. The number of amides is 1. The lowest BCUT2D eigenvalue weighted by molar-refractivity contribution is 0.0784. The molecule has 0 heterocycles. The van der Waals surface area contributed by atoms with E-state index in [0.29, 0.717) is 34.7 Å². The molecule has 1 amide bonds. The number of hydrogen-bond donors (Lipinski definition) is 0. The second-order valence-corrected chi connectivity index (χ2v) is 6.06. The summed E-state index contributed by atoms with van der Waals surface area (Å²) < 4.78 is 24.5. The van der Waals surface area contributed by atoms with Crippen molar-refractivity contribution in [3.63, 3.8) is 0 Å². The van der Waals surface area contributed by atoms with Crippen LogP contribution >= 0.6 is 15.9 Å². The minimum absolute atomic E-state index is 0.165. The molecule has 0 N–H and O–H groups in total. The number of methoxy groups -OCH3 is 1. The minimum Gasteiger partial charge on any atom is -0.493 e. The van der Waals surface area contributed by atoms with Crippen molar-refractivity contribution in [2.24, 2.45) is 0 Å². The van der Waals surface area contributed by atoms with Gasteiger partial charge in [0.15, 0.2) is 11.5 Å². The molecular formula is C18H19BrFNO3. The minimum atomic E-state index is -0.298. The summed E-state index contributed by atoms with van der Waals surface area (Å²) in [6.45, 7) is 2.75. The van der Waals surface area contributed by atoms with Gasteiger partial charge in [0, 0.05) is 19.2 Å². The van der Waals surface area contributed by atoms with Gasteiger partial charge < -0.3 is 14.4 Å². The maximum Gasteiger partial charge on any atom is 0.254 e. The zero-order chi connectivity index (χ0) is 17.7. The predicted octanol–water partition coefficient (Wildman–Crippen LogP) is 4.27. The lowest BCUT2D eigenvalue weighted by Crippen LogP contribution is -2.26. The molecule has 0 aliphatic heterocycles. The summed E-state index contributed by atoms with van der Waals surface area (Å²) in [5.41, 5.74) is 1.33. The van der Waals surface area contributed by atoms with Crippen LogP contribution in [0.2, 0.25) is 0 Å². The lowest BCUT2D eigenvalue weighted by atomic mass is 10.1. The van der Waals surface area contributed by atoms with Crippen molar-refractivity contribution < 1.29 is 18.7 Å². The first-order valence-electron chi connectivity index (χ1n) is 7.46. The van der Waals surface area contributed by atoms with Crippen molar-refractivity contribution in [3.8, 4) is 11.5 Å². The average molecular weight is 396 g/mol. The zero-order valence-corrected chi connectivity index (χ0v) is 15.4. The molecule has 128 valence electrons. The Morgan fingerprint density at radius 2 is 1.92 bits per heavy atom.